The molecule has 0 aliphatic rings. The van der Waals surface area contributed by atoms with Crippen LogP contribution in [0.15, 0.2) is 25.3 Å². The van der Waals surface area contributed by atoms with Crippen LogP contribution in [0.4, 0.5) is 0 Å². The molecule has 0 saturated heterocycles. The Morgan fingerprint density at radius 2 is 1.14 bits per heavy atom. The van der Waals surface area contributed by atoms with Crippen molar-refractivity contribution in [2.45, 2.75) is 79.1 Å². The Bertz CT molecular complexity index is 524. The van der Waals surface area contributed by atoms with Crippen LogP contribution in [-0.2, 0) is 0 Å². The summed E-state index contributed by atoms with van der Waals surface area (Å²) in [6, 6.07) is 4.11. The summed E-state index contributed by atoms with van der Waals surface area (Å²) in [5, 5.41) is 0. The van der Waals surface area contributed by atoms with E-state index in [4.69, 9.17) is 9.47 Å². The molecular weight excluding hydrogens is 344 g/mol. The van der Waals surface area contributed by atoms with Crippen LogP contribution in [0.3, 0.4) is 0 Å². The maximum atomic E-state index is 6.20. The van der Waals surface area contributed by atoms with E-state index >= 15 is 0 Å². The first kappa shape index (κ1) is 24.3. The Morgan fingerprint density at radius 1 is 0.750 bits per heavy atom. The van der Waals surface area contributed by atoms with Gasteiger partial charge in [0.2, 0.25) is 0 Å². The zero-order valence-electron chi connectivity index (χ0n) is 18.8. The predicted octanol–water partition coefficient (Wildman–Crippen LogP) is 8.16. The van der Waals surface area contributed by atoms with Crippen LogP contribution < -0.4 is 9.47 Å². The summed E-state index contributed by atoms with van der Waals surface area (Å²) in [5.74, 6) is 2.96. The lowest BCUT2D eigenvalue weighted by Crippen LogP contribution is -2.13. The summed E-state index contributed by atoms with van der Waals surface area (Å²) < 4.78 is 12.4. The Morgan fingerprint density at radius 3 is 1.43 bits per heavy atom. The highest BCUT2D eigenvalue weighted by Crippen LogP contribution is 2.32. The van der Waals surface area contributed by atoms with E-state index in [0.29, 0.717) is 11.8 Å². The van der Waals surface area contributed by atoms with Crippen LogP contribution in [0.5, 0.6) is 11.5 Å². The van der Waals surface area contributed by atoms with E-state index in [0.717, 1.165) is 48.7 Å². The number of hydrogen-bond acceptors (Lipinski definition) is 2. The Kier molecular flexibility index (Phi) is 12.4. The lowest BCUT2D eigenvalue weighted by molar-refractivity contribution is 0.227. The molecule has 0 aliphatic carbocycles. The summed E-state index contributed by atoms with van der Waals surface area (Å²) in [6.45, 7) is 18.4. The van der Waals surface area contributed by atoms with E-state index in [-0.39, 0.29) is 0 Å². The van der Waals surface area contributed by atoms with Gasteiger partial charge in [0, 0.05) is 11.1 Å². The number of unbranched alkanes of at least 4 members (excludes halogenated alkanes) is 2. The summed E-state index contributed by atoms with van der Waals surface area (Å²) in [7, 11) is 0. The van der Waals surface area contributed by atoms with Gasteiger partial charge in [-0.1, -0.05) is 91.5 Å². The summed E-state index contributed by atoms with van der Waals surface area (Å²) >= 11 is 0. The lowest BCUT2D eigenvalue weighted by atomic mass is 10.00. The van der Waals surface area contributed by atoms with Crippen molar-refractivity contribution in [1.29, 1.82) is 0 Å². The normalized spacial score (nSPS) is 13.0. The van der Waals surface area contributed by atoms with Crippen molar-refractivity contribution >= 4 is 12.2 Å². The van der Waals surface area contributed by atoms with Crippen LogP contribution in [-0.4, -0.2) is 13.2 Å². The fourth-order valence-electron chi connectivity index (χ4n) is 3.37. The second-order valence-electron chi connectivity index (χ2n) is 7.79. The topological polar surface area (TPSA) is 18.5 Å². The molecule has 2 unspecified atom stereocenters. The Hall–Kier alpha value is -1.70. The fraction of sp³-hybridized carbons (Fsp3) is 0.615. The molecule has 1 aromatic rings. The summed E-state index contributed by atoms with van der Waals surface area (Å²) in [6.07, 6.45) is 13.5. The van der Waals surface area contributed by atoms with Crippen molar-refractivity contribution in [1.82, 2.24) is 0 Å². The zero-order valence-corrected chi connectivity index (χ0v) is 18.8. The largest absolute Gasteiger partial charge is 0.493 e. The molecule has 0 amide bonds. The average molecular weight is 387 g/mol. The molecule has 0 aliphatic heterocycles. The van der Waals surface area contributed by atoms with Crippen LogP contribution >= 0.6 is 0 Å². The SMILES string of the molecule is C=Cc1cc(OCC(CC)CCCC)c(C=C)cc1OCC(CC)CCCC. The number of hydrogen-bond donors (Lipinski definition) is 0. The van der Waals surface area contributed by atoms with Gasteiger partial charge < -0.3 is 9.47 Å². The van der Waals surface area contributed by atoms with E-state index in [9.17, 15) is 0 Å². The van der Waals surface area contributed by atoms with Gasteiger partial charge >= 0.3 is 0 Å². The van der Waals surface area contributed by atoms with E-state index in [1.165, 1.54) is 38.5 Å². The molecule has 0 N–H and O–H groups in total. The highest BCUT2D eigenvalue weighted by atomic mass is 16.5. The van der Waals surface area contributed by atoms with Crippen LogP contribution in [0.2, 0.25) is 0 Å². The van der Waals surface area contributed by atoms with E-state index in [2.05, 4.69) is 53.0 Å². The Labute approximate surface area is 174 Å². The Balaban J connectivity index is 2.86. The van der Waals surface area contributed by atoms with Crippen molar-refractivity contribution in [2.24, 2.45) is 11.8 Å². The first-order chi connectivity index (χ1) is 13.6. The standard InChI is InChI=1S/C26H42O2/c1-7-13-15-21(9-3)19-27-25-17-24(12-6)26(18-23(25)11-5)28-20-22(10-4)16-14-8-2/h11-12,17-18,21-22H,5-10,13-16,19-20H2,1-4H3. The van der Waals surface area contributed by atoms with Crippen molar-refractivity contribution in [3.05, 3.63) is 36.4 Å². The smallest absolute Gasteiger partial charge is 0.127 e. The van der Waals surface area contributed by atoms with E-state index in [1.807, 2.05) is 12.2 Å². The zero-order chi connectivity index (χ0) is 20.8. The van der Waals surface area contributed by atoms with Gasteiger partial charge in [-0.3, -0.25) is 0 Å². The summed E-state index contributed by atoms with van der Waals surface area (Å²) in [4.78, 5) is 0. The lowest BCUT2D eigenvalue weighted by Gasteiger charge is -2.20. The fourth-order valence-corrected chi connectivity index (χ4v) is 3.37. The number of rotatable bonds is 16. The van der Waals surface area contributed by atoms with Gasteiger partial charge in [0.25, 0.3) is 0 Å². The molecule has 28 heavy (non-hydrogen) atoms. The minimum Gasteiger partial charge on any atom is -0.493 e. The van der Waals surface area contributed by atoms with Gasteiger partial charge in [-0.25, -0.2) is 0 Å². The predicted molar refractivity (Wildman–Crippen MR) is 124 cm³/mol. The third-order valence-electron chi connectivity index (χ3n) is 5.62. The van der Waals surface area contributed by atoms with E-state index in [1.54, 1.807) is 0 Å². The molecule has 2 atom stereocenters. The minimum absolute atomic E-state index is 0.601. The second-order valence-corrected chi connectivity index (χ2v) is 7.79. The van der Waals surface area contributed by atoms with Gasteiger partial charge in [0.15, 0.2) is 0 Å². The molecule has 0 saturated carbocycles. The first-order valence-corrected chi connectivity index (χ1v) is 11.3. The van der Waals surface area contributed by atoms with Gasteiger partial charge in [-0.05, 0) is 36.8 Å². The maximum Gasteiger partial charge on any atom is 0.127 e. The van der Waals surface area contributed by atoms with Gasteiger partial charge in [0.1, 0.15) is 11.5 Å². The average Bonchev–Trinajstić information content (AvgIpc) is 2.73. The molecule has 2 nitrogen and oxygen atoms in total. The summed E-state index contributed by atoms with van der Waals surface area (Å²) in [5.41, 5.74) is 1.99. The van der Waals surface area contributed by atoms with E-state index < -0.39 is 0 Å². The van der Waals surface area contributed by atoms with Gasteiger partial charge in [-0.2, -0.15) is 0 Å². The van der Waals surface area contributed by atoms with Crippen molar-refractivity contribution in [3.8, 4) is 11.5 Å². The van der Waals surface area contributed by atoms with Crippen molar-refractivity contribution < 1.29 is 9.47 Å². The van der Waals surface area contributed by atoms with Crippen LogP contribution in [0.1, 0.15) is 90.2 Å². The number of ether oxygens (including phenoxy) is 2. The molecule has 0 aromatic heterocycles. The van der Waals surface area contributed by atoms with Gasteiger partial charge in [-0.15, -0.1) is 0 Å². The maximum absolute atomic E-state index is 6.20. The number of benzene rings is 1. The molecule has 0 spiro atoms. The molecule has 2 heteroatoms. The van der Waals surface area contributed by atoms with Crippen LogP contribution in [0, 0.1) is 11.8 Å². The molecule has 0 heterocycles. The molecular formula is C26H42O2. The first-order valence-electron chi connectivity index (χ1n) is 11.3. The van der Waals surface area contributed by atoms with Gasteiger partial charge in [0.05, 0.1) is 13.2 Å². The third kappa shape index (κ3) is 8.12. The van der Waals surface area contributed by atoms with Crippen LogP contribution in [0.25, 0.3) is 12.2 Å². The molecule has 1 aromatic carbocycles. The highest BCUT2D eigenvalue weighted by Gasteiger charge is 2.13. The quantitative estimate of drug-likeness (QED) is 0.285. The molecule has 0 fully saturated rings. The molecule has 1 rings (SSSR count). The third-order valence-corrected chi connectivity index (χ3v) is 5.62. The monoisotopic (exact) mass is 386 g/mol. The molecule has 158 valence electrons. The van der Waals surface area contributed by atoms with Crippen molar-refractivity contribution in [3.63, 3.8) is 0 Å². The molecule has 0 radical (unpaired) electrons. The second kappa shape index (κ2) is 14.3. The van der Waals surface area contributed by atoms with Crippen molar-refractivity contribution in [2.75, 3.05) is 13.2 Å². The highest BCUT2D eigenvalue weighted by molar-refractivity contribution is 5.66. The molecule has 0 bridgehead atoms. The minimum atomic E-state index is 0.601.